The van der Waals surface area contributed by atoms with Gasteiger partial charge in [0.1, 0.15) is 5.69 Å². The Bertz CT molecular complexity index is 1120. The van der Waals surface area contributed by atoms with E-state index in [9.17, 15) is 4.79 Å². The number of para-hydroxylation sites is 2. The number of carbonyl (C=O) groups excluding carboxylic acids is 1. The number of fused-ring (bicyclic) bond motifs is 1. The number of nitrogens with zero attached hydrogens (tertiary/aromatic N) is 1. The minimum absolute atomic E-state index is 0.198. The lowest BCUT2D eigenvalue weighted by atomic mass is 10.1. The zero-order valence-corrected chi connectivity index (χ0v) is 16.4. The Labute approximate surface area is 170 Å². The first-order valence-corrected chi connectivity index (χ1v) is 9.89. The zero-order chi connectivity index (χ0) is 20.1. The van der Waals surface area contributed by atoms with Crippen LogP contribution in [0.3, 0.4) is 0 Å². The molecular weight excluding hydrogens is 360 g/mol. The van der Waals surface area contributed by atoms with Gasteiger partial charge in [-0.2, -0.15) is 0 Å². The average molecular weight is 384 g/mol. The van der Waals surface area contributed by atoms with E-state index < -0.39 is 0 Å². The van der Waals surface area contributed by atoms with E-state index in [0.717, 1.165) is 41.8 Å². The molecule has 0 fully saturated rings. The summed E-state index contributed by atoms with van der Waals surface area (Å²) in [6.07, 6.45) is 5.53. The standard InChI is InChI=1S/C24H24N4O/c1-2-17-7-3-5-9-21(17)28-24(29)23-12-11-19(16-27-23)25-14-13-18-15-26-22-10-6-4-8-20(18)22/h3-12,15-16,25-26H,2,13-14H2,1H3,(H,28,29). The summed E-state index contributed by atoms with van der Waals surface area (Å²) in [5, 5.41) is 7.58. The van der Waals surface area contributed by atoms with Gasteiger partial charge in [0.05, 0.1) is 11.9 Å². The lowest BCUT2D eigenvalue weighted by Gasteiger charge is -2.10. The monoisotopic (exact) mass is 384 g/mol. The quantitative estimate of drug-likeness (QED) is 0.418. The summed E-state index contributed by atoms with van der Waals surface area (Å²) < 4.78 is 0. The number of aryl methyl sites for hydroxylation is 1. The minimum Gasteiger partial charge on any atom is -0.383 e. The van der Waals surface area contributed by atoms with Gasteiger partial charge in [-0.1, -0.05) is 43.3 Å². The summed E-state index contributed by atoms with van der Waals surface area (Å²) >= 11 is 0. The molecule has 2 aromatic heterocycles. The van der Waals surface area contributed by atoms with E-state index in [1.165, 1.54) is 10.9 Å². The number of amides is 1. The molecule has 0 spiro atoms. The zero-order valence-electron chi connectivity index (χ0n) is 16.4. The first kappa shape index (κ1) is 18.7. The number of aromatic nitrogens is 2. The summed E-state index contributed by atoms with van der Waals surface area (Å²) in [6.45, 7) is 2.86. The second-order valence-corrected chi connectivity index (χ2v) is 6.93. The Morgan fingerprint density at radius 2 is 1.83 bits per heavy atom. The van der Waals surface area contributed by atoms with Crippen molar-refractivity contribution in [1.82, 2.24) is 9.97 Å². The first-order chi connectivity index (χ1) is 14.2. The van der Waals surface area contributed by atoms with Gasteiger partial charge in [0.2, 0.25) is 0 Å². The fourth-order valence-electron chi connectivity index (χ4n) is 3.45. The van der Waals surface area contributed by atoms with Gasteiger partial charge in [0.15, 0.2) is 0 Å². The SMILES string of the molecule is CCc1ccccc1NC(=O)c1ccc(NCCc2c[nH]c3ccccc23)cn1. The Morgan fingerprint density at radius 3 is 2.66 bits per heavy atom. The van der Waals surface area contributed by atoms with E-state index in [2.05, 4.69) is 51.9 Å². The van der Waals surface area contributed by atoms with Crippen LogP contribution in [0.15, 0.2) is 73.1 Å². The molecule has 1 amide bonds. The van der Waals surface area contributed by atoms with Gasteiger partial charge < -0.3 is 15.6 Å². The molecule has 0 unspecified atom stereocenters. The first-order valence-electron chi connectivity index (χ1n) is 9.89. The smallest absolute Gasteiger partial charge is 0.274 e. The third kappa shape index (κ3) is 4.29. The molecule has 4 rings (SSSR count). The predicted octanol–water partition coefficient (Wildman–Crippen LogP) is 5.03. The Morgan fingerprint density at radius 1 is 1.00 bits per heavy atom. The molecule has 4 aromatic rings. The number of H-pyrrole nitrogens is 1. The van der Waals surface area contributed by atoms with E-state index in [1.54, 1.807) is 12.3 Å². The number of pyridine rings is 1. The fraction of sp³-hybridized carbons (Fsp3) is 0.167. The fourth-order valence-corrected chi connectivity index (χ4v) is 3.45. The van der Waals surface area contributed by atoms with Crippen LogP contribution in [0.2, 0.25) is 0 Å². The van der Waals surface area contributed by atoms with Gasteiger partial charge in [-0.15, -0.1) is 0 Å². The van der Waals surface area contributed by atoms with Crippen molar-refractivity contribution in [3.8, 4) is 0 Å². The topological polar surface area (TPSA) is 69.8 Å². The van der Waals surface area contributed by atoms with Crippen LogP contribution >= 0.6 is 0 Å². The Balaban J connectivity index is 1.34. The molecule has 0 aliphatic rings. The Hall–Kier alpha value is -3.60. The average Bonchev–Trinajstić information content (AvgIpc) is 3.18. The molecule has 0 aliphatic heterocycles. The molecular formula is C24H24N4O. The molecule has 0 saturated carbocycles. The summed E-state index contributed by atoms with van der Waals surface area (Å²) in [5.41, 5.74) is 5.68. The normalized spacial score (nSPS) is 10.8. The van der Waals surface area contributed by atoms with Gasteiger partial charge in [0, 0.05) is 29.3 Å². The number of benzene rings is 2. The largest absolute Gasteiger partial charge is 0.383 e. The summed E-state index contributed by atoms with van der Waals surface area (Å²) in [4.78, 5) is 20.1. The van der Waals surface area contributed by atoms with Crippen LogP contribution in [0.4, 0.5) is 11.4 Å². The molecule has 0 atom stereocenters. The van der Waals surface area contributed by atoms with Gasteiger partial charge >= 0.3 is 0 Å². The molecule has 5 nitrogen and oxygen atoms in total. The second-order valence-electron chi connectivity index (χ2n) is 6.93. The van der Waals surface area contributed by atoms with Gasteiger partial charge in [-0.05, 0) is 48.2 Å². The molecule has 0 aliphatic carbocycles. The van der Waals surface area contributed by atoms with E-state index in [1.807, 2.05) is 36.4 Å². The molecule has 29 heavy (non-hydrogen) atoms. The summed E-state index contributed by atoms with van der Waals surface area (Å²) in [7, 11) is 0. The summed E-state index contributed by atoms with van der Waals surface area (Å²) in [6, 6.07) is 19.8. The third-order valence-corrected chi connectivity index (χ3v) is 5.04. The van der Waals surface area contributed by atoms with E-state index in [-0.39, 0.29) is 5.91 Å². The van der Waals surface area contributed by atoms with Gasteiger partial charge in [-0.3, -0.25) is 4.79 Å². The number of anilines is 2. The van der Waals surface area contributed by atoms with Crippen LogP contribution in [-0.2, 0) is 12.8 Å². The van der Waals surface area contributed by atoms with Crippen LogP contribution in [0, 0.1) is 0 Å². The van der Waals surface area contributed by atoms with E-state index in [0.29, 0.717) is 5.69 Å². The van der Waals surface area contributed by atoms with Crippen molar-refractivity contribution in [1.29, 1.82) is 0 Å². The molecule has 2 aromatic carbocycles. The highest BCUT2D eigenvalue weighted by Gasteiger charge is 2.10. The van der Waals surface area contributed by atoms with Crippen LogP contribution in [0.25, 0.3) is 10.9 Å². The van der Waals surface area contributed by atoms with Crippen LogP contribution in [0.5, 0.6) is 0 Å². The maximum absolute atomic E-state index is 12.5. The van der Waals surface area contributed by atoms with E-state index in [4.69, 9.17) is 0 Å². The Kier molecular flexibility index (Phi) is 5.56. The van der Waals surface area contributed by atoms with Crippen LogP contribution < -0.4 is 10.6 Å². The highest BCUT2D eigenvalue weighted by atomic mass is 16.1. The number of hydrogen-bond donors (Lipinski definition) is 3. The number of carbonyl (C=O) groups is 1. The van der Waals surface area contributed by atoms with Crippen molar-refractivity contribution in [2.24, 2.45) is 0 Å². The molecule has 146 valence electrons. The van der Waals surface area contributed by atoms with Crippen molar-refractivity contribution in [2.75, 3.05) is 17.2 Å². The van der Waals surface area contributed by atoms with Crippen LogP contribution in [0.1, 0.15) is 28.5 Å². The highest BCUT2D eigenvalue weighted by Crippen LogP contribution is 2.19. The summed E-state index contributed by atoms with van der Waals surface area (Å²) in [5.74, 6) is -0.198. The number of nitrogens with one attached hydrogen (secondary N) is 3. The van der Waals surface area contributed by atoms with Crippen molar-refractivity contribution < 1.29 is 4.79 Å². The minimum atomic E-state index is -0.198. The number of hydrogen-bond acceptors (Lipinski definition) is 3. The van der Waals surface area contributed by atoms with Gasteiger partial charge in [0.25, 0.3) is 5.91 Å². The number of rotatable bonds is 7. The second kappa shape index (κ2) is 8.61. The van der Waals surface area contributed by atoms with Crippen molar-refractivity contribution >= 4 is 28.2 Å². The highest BCUT2D eigenvalue weighted by molar-refractivity contribution is 6.03. The molecule has 2 heterocycles. The maximum atomic E-state index is 12.5. The molecule has 3 N–H and O–H groups in total. The molecule has 0 bridgehead atoms. The van der Waals surface area contributed by atoms with Crippen molar-refractivity contribution in [2.45, 2.75) is 19.8 Å². The number of aromatic amines is 1. The maximum Gasteiger partial charge on any atom is 0.274 e. The van der Waals surface area contributed by atoms with Crippen LogP contribution in [-0.4, -0.2) is 22.4 Å². The van der Waals surface area contributed by atoms with Gasteiger partial charge in [-0.25, -0.2) is 4.98 Å². The van der Waals surface area contributed by atoms with Crippen molar-refractivity contribution in [3.05, 3.63) is 89.9 Å². The van der Waals surface area contributed by atoms with Crippen molar-refractivity contribution in [3.63, 3.8) is 0 Å². The molecule has 5 heteroatoms. The van der Waals surface area contributed by atoms with E-state index >= 15 is 0 Å². The predicted molar refractivity (Wildman–Crippen MR) is 119 cm³/mol. The third-order valence-electron chi connectivity index (χ3n) is 5.04. The lowest BCUT2D eigenvalue weighted by Crippen LogP contribution is -2.15. The molecule has 0 radical (unpaired) electrons. The lowest BCUT2D eigenvalue weighted by molar-refractivity contribution is 0.102. The molecule has 0 saturated heterocycles.